The summed E-state index contributed by atoms with van der Waals surface area (Å²) in [7, 11) is 1.57. The Labute approximate surface area is 126 Å². The number of carbonyl (C=O) groups is 1. The second-order valence-electron chi connectivity index (χ2n) is 4.80. The van der Waals surface area contributed by atoms with Crippen LogP contribution >= 0.6 is 0 Å². The number of pyridine rings is 1. The number of rotatable bonds is 3. The van der Waals surface area contributed by atoms with Crippen molar-refractivity contribution in [2.45, 2.75) is 6.92 Å². The Morgan fingerprint density at radius 1 is 1.23 bits per heavy atom. The van der Waals surface area contributed by atoms with Gasteiger partial charge in [-0.2, -0.15) is 0 Å². The Morgan fingerprint density at radius 3 is 2.64 bits per heavy atom. The maximum absolute atomic E-state index is 13.4. The molecule has 0 aliphatic carbocycles. The van der Waals surface area contributed by atoms with E-state index >= 15 is 0 Å². The monoisotopic (exact) mass is 299 g/mol. The third kappa shape index (κ3) is 2.50. The van der Waals surface area contributed by atoms with Gasteiger partial charge in [-0.3, -0.25) is 9.20 Å². The van der Waals surface area contributed by atoms with Gasteiger partial charge >= 0.3 is 0 Å². The Kier molecular flexibility index (Phi) is 3.50. The van der Waals surface area contributed by atoms with Gasteiger partial charge in [-0.1, -0.05) is 0 Å². The molecule has 0 saturated heterocycles. The molecular formula is C16H14FN3O2. The summed E-state index contributed by atoms with van der Waals surface area (Å²) in [5.74, 6) is -0.0739. The molecule has 112 valence electrons. The topological polar surface area (TPSA) is 55.6 Å². The molecule has 0 atom stereocenters. The maximum Gasteiger partial charge on any atom is 0.274 e. The standard InChI is InChI=1S/C16H14FN3O2/c1-10-15(20-9-11(17)3-8-14(20)18-10)16(21)19-12-4-6-13(22-2)7-5-12/h3-9H,1-2H3,(H,19,21). The molecule has 0 bridgehead atoms. The SMILES string of the molecule is COc1ccc(NC(=O)c2c(C)nc3ccc(F)cn23)cc1. The highest BCUT2D eigenvalue weighted by Gasteiger charge is 2.17. The molecule has 1 aromatic carbocycles. The van der Waals surface area contributed by atoms with Gasteiger partial charge in [0.2, 0.25) is 0 Å². The van der Waals surface area contributed by atoms with E-state index in [4.69, 9.17) is 4.74 Å². The maximum atomic E-state index is 13.4. The minimum Gasteiger partial charge on any atom is -0.497 e. The number of amides is 1. The lowest BCUT2D eigenvalue weighted by Crippen LogP contribution is -2.15. The zero-order valence-corrected chi connectivity index (χ0v) is 12.1. The molecule has 22 heavy (non-hydrogen) atoms. The third-order valence-electron chi connectivity index (χ3n) is 3.32. The Balaban J connectivity index is 1.94. The molecule has 0 spiro atoms. The molecule has 1 N–H and O–H groups in total. The first-order valence-electron chi connectivity index (χ1n) is 6.68. The Morgan fingerprint density at radius 2 is 1.95 bits per heavy atom. The van der Waals surface area contributed by atoms with E-state index in [1.807, 2.05) is 0 Å². The van der Waals surface area contributed by atoms with E-state index in [2.05, 4.69) is 10.3 Å². The summed E-state index contributed by atoms with van der Waals surface area (Å²) in [6.45, 7) is 1.72. The number of nitrogens with one attached hydrogen (secondary N) is 1. The van der Waals surface area contributed by atoms with Crippen LogP contribution in [0.2, 0.25) is 0 Å². The van der Waals surface area contributed by atoms with Crippen molar-refractivity contribution in [2.24, 2.45) is 0 Å². The van der Waals surface area contributed by atoms with Crippen LogP contribution in [-0.2, 0) is 0 Å². The number of anilines is 1. The number of carbonyl (C=O) groups excluding carboxylic acids is 1. The average Bonchev–Trinajstić information content (AvgIpc) is 2.83. The van der Waals surface area contributed by atoms with E-state index in [0.717, 1.165) is 0 Å². The van der Waals surface area contributed by atoms with E-state index in [0.29, 0.717) is 28.5 Å². The molecule has 0 saturated carbocycles. The van der Waals surface area contributed by atoms with Crippen molar-refractivity contribution in [3.05, 3.63) is 59.8 Å². The summed E-state index contributed by atoms with van der Waals surface area (Å²) >= 11 is 0. The summed E-state index contributed by atoms with van der Waals surface area (Å²) in [5, 5.41) is 2.77. The lowest BCUT2D eigenvalue weighted by molar-refractivity contribution is 0.102. The van der Waals surface area contributed by atoms with Gasteiger partial charge in [0.25, 0.3) is 5.91 Å². The van der Waals surface area contributed by atoms with Gasteiger partial charge in [0, 0.05) is 11.9 Å². The van der Waals surface area contributed by atoms with Crippen molar-refractivity contribution < 1.29 is 13.9 Å². The molecule has 1 amide bonds. The normalized spacial score (nSPS) is 10.7. The zero-order valence-electron chi connectivity index (χ0n) is 12.1. The molecule has 6 heteroatoms. The number of imidazole rings is 1. The van der Waals surface area contributed by atoms with Gasteiger partial charge in [-0.05, 0) is 43.3 Å². The number of hydrogen-bond donors (Lipinski definition) is 1. The fourth-order valence-electron chi connectivity index (χ4n) is 2.27. The Bertz CT molecular complexity index is 840. The number of aromatic nitrogens is 2. The van der Waals surface area contributed by atoms with Crippen LogP contribution in [0.4, 0.5) is 10.1 Å². The predicted octanol–water partition coefficient (Wildman–Crippen LogP) is 3.04. The lowest BCUT2D eigenvalue weighted by atomic mass is 10.2. The zero-order chi connectivity index (χ0) is 15.7. The van der Waals surface area contributed by atoms with Crippen LogP contribution in [0.1, 0.15) is 16.2 Å². The number of halogens is 1. The molecule has 2 heterocycles. The quantitative estimate of drug-likeness (QED) is 0.808. The first-order chi connectivity index (χ1) is 10.6. The summed E-state index contributed by atoms with van der Waals surface area (Å²) in [6.07, 6.45) is 1.25. The highest BCUT2D eigenvalue weighted by atomic mass is 19.1. The average molecular weight is 299 g/mol. The molecule has 0 unspecified atom stereocenters. The van der Waals surface area contributed by atoms with Crippen LogP contribution in [0.3, 0.4) is 0 Å². The number of methoxy groups -OCH3 is 1. The van der Waals surface area contributed by atoms with Crippen LogP contribution in [-0.4, -0.2) is 22.4 Å². The van der Waals surface area contributed by atoms with Gasteiger partial charge in [0.05, 0.1) is 12.8 Å². The van der Waals surface area contributed by atoms with Crippen molar-refractivity contribution >= 4 is 17.2 Å². The fourth-order valence-corrected chi connectivity index (χ4v) is 2.27. The molecule has 0 radical (unpaired) electrons. The summed E-state index contributed by atoms with van der Waals surface area (Å²) in [4.78, 5) is 16.7. The van der Waals surface area contributed by atoms with Crippen LogP contribution in [0.15, 0.2) is 42.6 Å². The van der Waals surface area contributed by atoms with E-state index in [1.165, 1.54) is 22.7 Å². The molecule has 0 aliphatic heterocycles. The van der Waals surface area contributed by atoms with Crippen molar-refractivity contribution in [3.8, 4) is 5.75 Å². The fraction of sp³-hybridized carbons (Fsp3) is 0.125. The van der Waals surface area contributed by atoms with Gasteiger partial charge in [0.15, 0.2) is 0 Å². The lowest BCUT2D eigenvalue weighted by Gasteiger charge is -2.07. The van der Waals surface area contributed by atoms with Crippen LogP contribution in [0.5, 0.6) is 5.75 Å². The molecule has 0 fully saturated rings. The number of aryl methyl sites for hydroxylation is 1. The largest absolute Gasteiger partial charge is 0.497 e. The van der Waals surface area contributed by atoms with E-state index in [9.17, 15) is 9.18 Å². The van der Waals surface area contributed by atoms with Gasteiger partial charge < -0.3 is 10.1 Å². The third-order valence-corrected chi connectivity index (χ3v) is 3.32. The van der Waals surface area contributed by atoms with Gasteiger partial charge in [-0.15, -0.1) is 0 Å². The van der Waals surface area contributed by atoms with Gasteiger partial charge in [-0.25, -0.2) is 9.37 Å². The van der Waals surface area contributed by atoms with Crippen molar-refractivity contribution in [3.63, 3.8) is 0 Å². The van der Waals surface area contributed by atoms with Gasteiger partial charge in [0.1, 0.15) is 22.9 Å². The first-order valence-corrected chi connectivity index (χ1v) is 6.68. The van der Waals surface area contributed by atoms with E-state index in [1.54, 1.807) is 38.3 Å². The molecule has 3 rings (SSSR count). The Hall–Kier alpha value is -2.89. The van der Waals surface area contributed by atoms with Crippen molar-refractivity contribution in [1.29, 1.82) is 0 Å². The molecule has 5 nitrogen and oxygen atoms in total. The minimum atomic E-state index is -0.427. The molecular weight excluding hydrogens is 285 g/mol. The number of ether oxygens (including phenoxy) is 1. The molecule has 3 aromatic rings. The second kappa shape index (κ2) is 5.48. The smallest absolute Gasteiger partial charge is 0.274 e. The highest BCUT2D eigenvalue weighted by molar-refractivity contribution is 6.04. The summed E-state index contributed by atoms with van der Waals surface area (Å²) in [5.41, 5.74) is 2.00. The van der Waals surface area contributed by atoms with Crippen LogP contribution in [0.25, 0.3) is 5.65 Å². The summed E-state index contributed by atoms with van der Waals surface area (Å²) < 4.78 is 19.9. The van der Waals surface area contributed by atoms with Crippen molar-refractivity contribution in [1.82, 2.24) is 9.38 Å². The van der Waals surface area contributed by atoms with Crippen LogP contribution < -0.4 is 10.1 Å². The van der Waals surface area contributed by atoms with Crippen molar-refractivity contribution in [2.75, 3.05) is 12.4 Å². The molecule has 0 aliphatic rings. The predicted molar refractivity (Wildman–Crippen MR) is 80.8 cm³/mol. The number of nitrogens with zero attached hydrogens (tertiary/aromatic N) is 2. The van der Waals surface area contributed by atoms with Crippen LogP contribution in [0, 0.1) is 12.7 Å². The van der Waals surface area contributed by atoms with E-state index in [-0.39, 0.29) is 5.91 Å². The van der Waals surface area contributed by atoms with E-state index < -0.39 is 5.82 Å². The first kappa shape index (κ1) is 14.1. The number of fused-ring (bicyclic) bond motifs is 1. The summed E-state index contributed by atoms with van der Waals surface area (Å²) in [6, 6.07) is 9.80. The number of benzene rings is 1. The highest BCUT2D eigenvalue weighted by Crippen LogP contribution is 2.18. The molecule has 2 aromatic heterocycles. The minimum absolute atomic E-state index is 0.310. The second-order valence-corrected chi connectivity index (χ2v) is 4.80. The number of hydrogen-bond acceptors (Lipinski definition) is 3.